The van der Waals surface area contributed by atoms with Gasteiger partial charge in [-0.05, 0) is 44.4 Å². The molecule has 1 aliphatic rings. The minimum absolute atomic E-state index is 0.253. The van der Waals surface area contributed by atoms with Crippen molar-refractivity contribution in [1.82, 2.24) is 4.90 Å². The standard InChI is InChI=1S/C16H22BrNO3/c1-16(2,3)21-15(19)18-6-5-13-12(10-18)7-11(9-17)8-14(13)20-4/h7-8H,5-6,9-10H2,1-4H3. The molecular formula is C16H22BrNO3. The Hall–Kier alpha value is -1.23. The lowest BCUT2D eigenvalue weighted by Gasteiger charge is -2.32. The van der Waals surface area contributed by atoms with Gasteiger partial charge in [0.25, 0.3) is 0 Å². The van der Waals surface area contributed by atoms with Gasteiger partial charge in [0.15, 0.2) is 0 Å². The third-order valence-electron chi connectivity index (χ3n) is 3.38. The van der Waals surface area contributed by atoms with Crippen molar-refractivity contribution >= 4 is 22.0 Å². The van der Waals surface area contributed by atoms with Crippen LogP contribution in [0, 0.1) is 0 Å². The molecule has 1 aliphatic heterocycles. The van der Waals surface area contributed by atoms with Crippen molar-refractivity contribution < 1.29 is 14.3 Å². The number of hydrogen-bond donors (Lipinski definition) is 0. The van der Waals surface area contributed by atoms with E-state index in [1.54, 1.807) is 12.0 Å². The summed E-state index contributed by atoms with van der Waals surface area (Å²) in [6.45, 7) is 6.88. The van der Waals surface area contributed by atoms with Gasteiger partial charge in [-0.25, -0.2) is 4.79 Å². The predicted octanol–water partition coefficient (Wildman–Crippen LogP) is 3.88. The second kappa shape index (κ2) is 6.26. The van der Waals surface area contributed by atoms with Gasteiger partial charge in [0.2, 0.25) is 0 Å². The highest BCUT2D eigenvalue weighted by Crippen LogP contribution is 2.31. The van der Waals surface area contributed by atoms with Crippen molar-refractivity contribution in [2.24, 2.45) is 0 Å². The van der Waals surface area contributed by atoms with E-state index in [1.165, 1.54) is 5.56 Å². The van der Waals surface area contributed by atoms with E-state index in [1.807, 2.05) is 20.8 Å². The summed E-state index contributed by atoms with van der Waals surface area (Å²) in [5, 5.41) is 0.767. The van der Waals surface area contributed by atoms with E-state index < -0.39 is 5.60 Å². The molecule has 0 saturated heterocycles. The molecule has 21 heavy (non-hydrogen) atoms. The number of rotatable bonds is 2. The van der Waals surface area contributed by atoms with Crippen LogP contribution in [0.25, 0.3) is 0 Å². The van der Waals surface area contributed by atoms with Gasteiger partial charge in [-0.1, -0.05) is 22.0 Å². The Bertz CT molecular complexity index is 537. The summed E-state index contributed by atoms with van der Waals surface area (Å²) in [6, 6.07) is 4.18. The van der Waals surface area contributed by atoms with Gasteiger partial charge in [0.05, 0.1) is 7.11 Å². The summed E-state index contributed by atoms with van der Waals surface area (Å²) in [5.74, 6) is 0.908. The van der Waals surface area contributed by atoms with Crippen LogP contribution in [-0.2, 0) is 23.0 Å². The Balaban J connectivity index is 2.21. The Morgan fingerprint density at radius 3 is 2.67 bits per heavy atom. The number of ether oxygens (including phenoxy) is 2. The lowest BCUT2D eigenvalue weighted by Crippen LogP contribution is -2.40. The summed E-state index contributed by atoms with van der Waals surface area (Å²) in [5.41, 5.74) is 3.02. The molecule has 5 heteroatoms. The lowest BCUT2D eigenvalue weighted by atomic mass is 9.96. The quantitative estimate of drug-likeness (QED) is 0.755. The fourth-order valence-corrected chi connectivity index (χ4v) is 2.79. The van der Waals surface area contributed by atoms with Crippen molar-refractivity contribution in [3.63, 3.8) is 0 Å². The molecule has 0 spiro atoms. The Morgan fingerprint density at radius 2 is 2.10 bits per heavy atom. The number of fused-ring (bicyclic) bond motifs is 1. The molecule has 1 aromatic rings. The number of halogens is 1. The summed E-state index contributed by atoms with van der Waals surface area (Å²) < 4.78 is 10.9. The van der Waals surface area contributed by atoms with Crippen LogP contribution in [0.3, 0.4) is 0 Å². The number of benzene rings is 1. The Morgan fingerprint density at radius 1 is 1.38 bits per heavy atom. The molecule has 0 bridgehead atoms. The zero-order chi connectivity index (χ0) is 15.6. The van der Waals surface area contributed by atoms with E-state index in [9.17, 15) is 4.79 Å². The van der Waals surface area contributed by atoms with Gasteiger partial charge < -0.3 is 14.4 Å². The van der Waals surface area contributed by atoms with Gasteiger partial charge >= 0.3 is 6.09 Å². The minimum atomic E-state index is -0.466. The molecule has 4 nitrogen and oxygen atoms in total. The van der Waals surface area contributed by atoms with Gasteiger partial charge in [-0.2, -0.15) is 0 Å². The third-order valence-corrected chi connectivity index (χ3v) is 4.03. The first-order valence-electron chi connectivity index (χ1n) is 7.06. The number of carbonyl (C=O) groups excluding carboxylic acids is 1. The summed E-state index contributed by atoms with van der Waals surface area (Å²) in [4.78, 5) is 14.0. The van der Waals surface area contributed by atoms with E-state index >= 15 is 0 Å². The van der Waals surface area contributed by atoms with Crippen molar-refractivity contribution in [3.8, 4) is 5.75 Å². The van der Waals surface area contributed by atoms with Crippen molar-refractivity contribution in [3.05, 3.63) is 28.8 Å². The Labute approximate surface area is 134 Å². The van der Waals surface area contributed by atoms with Crippen LogP contribution in [0.4, 0.5) is 4.79 Å². The van der Waals surface area contributed by atoms with Gasteiger partial charge in [-0.15, -0.1) is 0 Å². The molecule has 1 amide bonds. The number of amides is 1. The van der Waals surface area contributed by atoms with E-state index in [-0.39, 0.29) is 6.09 Å². The molecular weight excluding hydrogens is 334 g/mol. The van der Waals surface area contributed by atoms with Crippen LogP contribution in [0.5, 0.6) is 5.75 Å². The van der Waals surface area contributed by atoms with Crippen molar-refractivity contribution in [2.75, 3.05) is 13.7 Å². The summed E-state index contributed by atoms with van der Waals surface area (Å²) in [6.07, 6.45) is 0.539. The molecule has 1 aromatic carbocycles. The fourth-order valence-electron chi connectivity index (χ4n) is 2.46. The first-order valence-corrected chi connectivity index (χ1v) is 8.18. The Kier molecular flexibility index (Phi) is 4.81. The second-order valence-electron chi connectivity index (χ2n) is 6.22. The average molecular weight is 356 g/mol. The topological polar surface area (TPSA) is 38.8 Å². The van der Waals surface area contributed by atoms with Crippen molar-refractivity contribution in [2.45, 2.75) is 44.7 Å². The van der Waals surface area contributed by atoms with Gasteiger partial charge in [0, 0.05) is 24.0 Å². The molecule has 0 fully saturated rings. The number of alkyl halides is 1. The smallest absolute Gasteiger partial charge is 0.410 e. The van der Waals surface area contributed by atoms with Crippen LogP contribution in [0.2, 0.25) is 0 Å². The highest BCUT2D eigenvalue weighted by Gasteiger charge is 2.27. The lowest BCUT2D eigenvalue weighted by molar-refractivity contribution is 0.0223. The molecule has 2 rings (SSSR count). The van der Waals surface area contributed by atoms with Crippen LogP contribution in [-0.4, -0.2) is 30.2 Å². The molecule has 1 heterocycles. The van der Waals surface area contributed by atoms with Crippen molar-refractivity contribution in [1.29, 1.82) is 0 Å². The molecule has 116 valence electrons. The molecule has 0 radical (unpaired) electrons. The van der Waals surface area contributed by atoms with Gasteiger partial charge in [-0.3, -0.25) is 0 Å². The highest BCUT2D eigenvalue weighted by atomic mass is 79.9. The number of hydrogen-bond acceptors (Lipinski definition) is 3. The summed E-state index contributed by atoms with van der Waals surface area (Å²) >= 11 is 3.47. The maximum absolute atomic E-state index is 12.2. The van der Waals surface area contributed by atoms with E-state index in [2.05, 4.69) is 28.1 Å². The zero-order valence-electron chi connectivity index (χ0n) is 13.0. The first kappa shape index (κ1) is 16.1. The fraction of sp³-hybridized carbons (Fsp3) is 0.562. The SMILES string of the molecule is COc1cc(CBr)cc2c1CCN(C(=O)OC(C)(C)C)C2. The third kappa shape index (κ3) is 3.90. The number of carbonyl (C=O) groups is 1. The van der Waals surface area contributed by atoms with Crippen LogP contribution < -0.4 is 4.74 Å². The monoisotopic (exact) mass is 355 g/mol. The number of methoxy groups -OCH3 is 1. The maximum atomic E-state index is 12.2. The molecule has 0 atom stereocenters. The number of nitrogens with zero attached hydrogens (tertiary/aromatic N) is 1. The second-order valence-corrected chi connectivity index (χ2v) is 6.78. The van der Waals surface area contributed by atoms with Crippen LogP contribution in [0.15, 0.2) is 12.1 Å². The molecule has 0 aliphatic carbocycles. The van der Waals surface area contributed by atoms with E-state index in [4.69, 9.17) is 9.47 Å². The largest absolute Gasteiger partial charge is 0.496 e. The van der Waals surface area contributed by atoms with Gasteiger partial charge in [0.1, 0.15) is 11.4 Å². The van der Waals surface area contributed by atoms with E-state index in [0.717, 1.165) is 28.6 Å². The van der Waals surface area contributed by atoms with Crippen LogP contribution >= 0.6 is 15.9 Å². The normalized spacial score (nSPS) is 14.6. The molecule has 0 N–H and O–H groups in total. The highest BCUT2D eigenvalue weighted by molar-refractivity contribution is 9.08. The maximum Gasteiger partial charge on any atom is 0.410 e. The molecule has 0 saturated carbocycles. The molecule has 0 unspecified atom stereocenters. The molecule has 0 aromatic heterocycles. The first-order chi connectivity index (χ1) is 9.84. The predicted molar refractivity (Wildman–Crippen MR) is 86.0 cm³/mol. The summed E-state index contributed by atoms with van der Waals surface area (Å²) in [7, 11) is 1.69. The average Bonchev–Trinajstić information content (AvgIpc) is 2.43. The van der Waals surface area contributed by atoms with Crippen LogP contribution in [0.1, 0.15) is 37.5 Å². The zero-order valence-corrected chi connectivity index (χ0v) is 14.6. The minimum Gasteiger partial charge on any atom is -0.496 e. The van der Waals surface area contributed by atoms with E-state index in [0.29, 0.717) is 13.1 Å².